The summed E-state index contributed by atoms with van der Waals surface area (Å²) >= 11 is 0. The Kier molecular flexibility index (Phi) is 6.08. The molecule has 0 atom stereocenters. The smallest absolute Gasteiger partial charge is 0.0620 e. The normalized spacial score (nSPS) is 17.5. The van der Waals surface area contributed by atoms with E-state index in [0.29, 0.717) is 0 Å². The molecule has 0 unspecified atom stereocenters. The van der Waals surface area contributed by atoms with Crippen LogP contribution in [0.1, 0.15) is 6.92 Å². The molecule has 1 aliphatic heterocycles. The second-order valence-corrected chi connectivity index (χ2v) is 23.4. The summed E-state index contributed by atoms with van der Waals surface area (Å²) in [5.74, 6) is 0. The maximum Gasteiger partial charge on any atom is 0.229 e. The number of hydrogen-bond donors (Lipinski definition) is 0. The number of hydrogen-bond acceptors (Lipinski definition) is 0. The summed E-state index contributed by atoms with van der Waals surface area (Å²) in [6.45, 7) is -0.529. The first-order chi connectivity index (χ1) is 15.3. The Bertz CT molecular complexity index is 942. The van der Waals surface area contributed by atoms with Crippen molar-refractivity contribution < 1.29 is 0 Å². The van der Waals surface area contributed by atoms with Crippen molar-refractivity contribution in [2.45, 2.75) is 6.92 Å². The van der Waals surface area contributed by atoms with E-state index in [9.17, 15) is 0 Å². The number of benzene rings is 4. The average molecular weight is 458 g/mol. The van der Waals surface area contributed by atoms with E-state index in [0.717, 1.165) is 0 Å². The van der Waals surface area contributed by atoms with Gasteiger partial charge in [-0.2, -0.15) is 0 Å². The lowest BCUT2D eigenvalue weighted by atomic mass is 10.4. The topological polar surface area (TPSA) is 0 Å². The van der Waals surface area contributed by atoms with Gasteiger partial charge in [0.25, 0.3) is 0 Å². The molecule has 1 heterocycles. The van der Waals surface area contributed by atoms with E-state index in [1.807, 2.05) is 0 Å². The van der Waals surface area contributed by atoms with E-state index in [-0.39, 0.29) is 7.30 Å². The van der Waals surface area contributed by atoms with Gasteiger partial charge < -0.3 is 0 Å². The van der Waals surface area contributed by atoms with E-state index in [2.05, 4.69) is 128 Å². The first-order valence-corrected chi connectivity index (χ1v) is 18.0. The van der Waals surface area contributed by atoms with E-state index in [1.54, 1.807) is 21.2 Å². The van der Waals surface area contributed by atoms with Gasteiger partial charge >= 0.3 is 0 Å². The third-order valence-electron chi connectivity index (χ3n) is 6.55. The Balaban J connectivity index is 1.81. The molecular formula is C28H29P3+2. The summed E-state index contributed by atoms with van der Waals surface area (Å²) in [4.78, 5) is 0. The second-order valence-electron chi connectivity index (χ2n) is 8.02. The quantitative estimate of drug-likeness (QED) is 0.293. The Morgan fingerprint density at radius 1 is 0.484 bits per heavy atom. The van der Waals surface area contributed by atoms with Crippen LogP contribution in [0.25, 0.3) is 0 Å². The van der Waals surface area contributed by atoms with Crippen molar-refractivity contribution in [1.82, 2.24) is 0 Å². The average Bonchev–Trinajstić information content (AvgIpc) is 3.23. The molecule has 3 heteroatoms. The van der Waals surface area contributed by atoms with Gasteiger partial charge in [-0.05, 0) is 48.5 Å². The second kappa shape index (κ2) is 8.96. The van der Waals surface area contributed by atoms with Crippen molar-refractivity contribution in [2.24, 2.45) is 0 Å². The van der Waals surface area contributed by atoms with Crippen molar-refractivity contribution in [1.29, 1.82) is 0 Å². The largest absolute Gasteiger partial charge is 0.229 e. The molecule has 0 saturated carbocycles. The fraction of sp³-hybridized carbons (Fsp3) is 0.143. The van der Waals surface area contributed by atoms with Crippen LogP contribution in [0.5, 0.6) is 0 Å². The van der Waals surface area contributed by atoms with Crippen molar-refractivity contribution in [3.05, 3.63) is 121 Å². The minimum Gasteiger partial charge on any atom is -0.0620 e. The van der Waals surface area contributed by atoms with Crippen LogP contribution < -0.4 is 21.2 Å². The SMILES string of the molecule is CCP1[P+](c2ccccc2)(c2ccccc2)CC[P+]1(c1ccccc1)c1ccccc1. The summed E-state index contributed by atoms with van der Waals surface area (Å²) in [6.07, 6.45) is 3.95. The maximum atomic E-state index is 2.47. The fourth-order valence-electron chi connectivity index (χ4n) is 5.31. The lowest BCUT2D eigenvalue weighted by Crippen LogP contribution is -2.23. The zero-order valence-corrected chi connectivity index (χ0v) is 20.7. The van der Waals surface area contributed by atoms with Crippen molar-refractivity contribution >= 4 is 42.4 Å². The van der Waals surface area contributed by atoms with Crippen LogP contribution in [-0.2, 0) is 0 Å². The summed E-state index contributed by atoms with van der Waals surface area (Å²) in [6, 6.07) is 46.2. The lowest BCUT2D eigenvalue weighted by molar-refractivity contribution is 1.51. The summed E-state index contributed by atoms with van der Waals surface area (Å²) in [5, 5.41) is 6.46. The van der Waals surface area contributed by atoms with Crippen LogP contribution in [0.2, 0.25) is 0 Å². The van der Waals surface area contributed by atoms with Crippen LogP contribution in [0.4, 0.5) is 0 Å². The van der Waals surface area contributed by atoms with Gasteiger partial charge in [-0.1, -0.05) is 79.7 Å². The Morgan fingerprint density at radius 2 is 0.742 bits per heavy atom. The molecular weight excluding hydrogens is 429 g/mol. The first kappa shape index (κ1) is 21.0. The molecule has 31 heavy (non-hydrogen) atoms. The van der Waals surface area contributed by atoms with Gasteiger partial charge in [0.2, 0.25) is 7.30 Å². The summed E-state index contributed by atoms with van der Waals surface area (Å²) < 4.78 is 0. The highest BCUT2D eigenvalue weighted by Crippen LogP contribution is 3.05. The maximum absolute atomic E-state index is 2.47. The molecule has 0 aliphatic carbocycles. The summed E-state index contributed by atoms with van der Waals surface area (Å²) in [7, 11) is -0.221. The van der Waals surface area contributed by atoms with E-state index < -0.39 is 13.9 Å². The lowest BCUT2D eigenvalue weighted by Gasteiger charge is -2.31. The van der Waals surface area contributed by atoms with Crippen LogP contribution in [0.15, 0.2) is 121 Å². The van der Waals surface area contributed by atoms with Gasteiger partial charge in [-0.15, -0.1) is 0 Å². The molecule has 0 amide bonds. The molecule has 0 bridgehead atoms. The molecule has 1 aliphatic rings. The molecule has 154 valence electrons. The van der Waals surface area contributed by atoms with Crippen molar-refractivity contribution in [3.8, 4) is 0 Å². The van der Waals surface area contributed by atoms with Gasteiger partial charge in [0.05, 0.1) is 0 Å². The molecule has 0 aromatic heterocycles. The Morgan fingerprint density at radius 3 is 0.968 bits per heavy atom. The third-order valence-corrected chi connectivity index (χ3v) is 31.3. The fourth-order valence-corrected chi connectivity index (χ4v) is 37.2. The highest BCUT2D eigenvalue weighted by Gasteiger charge is 2.72. The van der Waals surface area contributed by atoms with Gasteiger partial charge in [-0.3, -0.25) is 0 Å². The van der Waals surface area contributed by atoms with Gasteiger partial charge in [-0.25, -0.2) is 0 Å². The first-order valence-electron chi connectivity index (χ1n) is 11.1. The third kappa shape index (κ3) is 3.41. The molecule has 4 aromatic rings. The van der Waals surface area contributed by atoms with Gasteiger partial charge in [0, 0.05) is 6.16 Å². The predicted molar refractivity (Wildman–Crippen MR) is 145 cm³/mol. The molecule has 1 fully saturated rings. The number of rotatable bonds is 5. The van der Waals surface area contributed by atoms with E-state index in [1.165, 1.54) is 18.5 Å². The molecule has 0 nitrogen and oxygen atoms in total. The molecule has 1 saturated heterocycles. The van der Waals surface area contributed by atoms with Crippen molar-refractivity contribution in [2.75, 3.05) is 18.5 Å². The minimum atomic E-state index is -1.50. The molecule has 5 rings (SSSR count). The summed E-state index contributed by atoms with van der Waals surface area (Å²) in [5.41, 5.74) is 0. The van der Waals surface area contributed by atoms with Crippen LogP contribution >= 0.6 is 21.2 Å². The minimum absolute atomic E-state index is 0.221. The highest BCUT2D eigenvalue weighted by molar-refractivity contribution is 8.77. The molecule has 0 spiro atoms. The molecule has 4 aromatic carbocycles. The van der Waals surface area contributed by atoms with Crippen molar-refractivity contribution in [3.63, 3.8) is 0 Å². The van der Waals surface area contributed by atoms with Crippen LogP contribution in [-0.4, -0.2) is 18.5 Å². The van der Waals surface area contributed by atoms with Gasteiger partial charge in [0.1, 0.15) is 47.4 Å². The Hall–Kier alpha value is -1.83. The Labute approximate surface area is 189 Å². The van der Waals surface area contributed by atoms with E-state index in [4.69, 9.17) is 0 Å². The highest BCUT2D eigenvalue weighted by atomic mass is 32.5. The van der Waals surface area contributed by atoms with Crippen LogP contribution in [0, 0.1) is 0 Å². The molecule has 0 N–H and O–H groups in total. The van der Waals surface area contributed by atoms with Gasteiger partial charge in [0.15, 0.2) is 0 Å². The molecule has 0 radical (unpaired) electrons. The monoisotopic (exact) mass is 458 g/mol. The van der Waals surface area contributed by atoms with E-state index >= 15 is 0 Å². The predicted octanol–water partition coefficient (Wildman–Crippen LogP) is 6.67. The van der Waals surface area contributed by atoms with Crippen LogP contribution in [0.3, 0.4) is 0 Å². The zero-order chi connectivity index (χ0) is 21.2. The zero-order valence-electron chi connectivity index (χ0n) is 18.0. The standard InChI is InChI=1S/C28H29P3/c1-2-29-30(25-15-7-3-8-16-25,26-17-9-4-10-18-26)23-24-31(29,27-19-11-5-12-20-27)28-21-13-6-14-22-28/h3-22H,2,23-24H2,1H3/q+2.